The van der Waals surface area contributed by atoms with E-state index in [-0.39, 0.29) is 0 Å². The van der Waals surface area contributed by atoms with Gasteiger partial charge in [0.25, 0.3) is 0 Å². The molecule has 0 atom stereocenters. The SMILES string of the molecule is C=C/C=N\C(=C(\C)C(C)C)N(C)N=C. The van der Waals surface area contributed by atoms with E-state index >= 15 is 0 Å². The molecular weight excluding hydrogens is 174 g/mol. The van der Waals surface area contributed by atoms with Gasteiger partial charge in [-0.15, -0.1) is 0 Å². The molecule has 0 aromatic carbocycles. The van der Waals surface area contributed by atoms with E-state index in [0.29, 0.717) is 5.92 Å². The lowest BCUT2D eigenvalue weighted by Crippen LogP contribution is -2.12. The van der Waals surface area contributed by atoms with E-state index in [2.05, 4.69) is 37.2 Å². The fourth-order valence-corrected chi connectivity index (χ4v) is 0.889. The molecule has 0 rings (SSSR count). The van der Waals surface area contributed by atoms with E-state index in [1.807, 2.05) is 14.0 Å². The monoisotopic (exact) mass is 193 g/mol. The van der Waals surface area contributed by atoms with Gasteiger partial charge in [-0.2, -0.15) is 5.10 Å². The summed E-state index contributed by atoms with van der Waals surface area (Å²) < 4.78 is 0. The molecule has 14 heavy (non-hydrogen) atoms. The second-order valence-electron chi connectivity index (χ2n) is 3.34. The number of rotatable bonds is 5. The van der Waals surface area contributed by atoms with Gasteiger partial charge in [0.15, 0.2) is 0 Å². The minimum Gasteiger partial charge on any atom is -0.252 e. The van der Waals surface area contributed by atoms with Gasteiger partial charge < -0.3 is 0 Å². The minimum absolute atomic E-state index is 0.441. The van der Waals surface area contributed by atoms with Gasteiger partial charge in [-0.05, 0) is 18.4 Å². The van der Waals surface area contributed by atoms with Crippen molar-refractivity contribution in [2.75, 3.05) is 7.05 Å². The topological polar surface area (TPSA) is 28.0 Å². The van der Waals surface area contributed by atoms with Crippen LogP contribution in [0.4, 0.5) is 0 Å². The summed E-state index contributed by atoms with van der Waals surface area (Å²) >= 11 is 0. The molecule has 0 saturated carbocycles. The molecule has 0 N–H and O–H groups in total. The van der Waals surface area contributed by atoms with Crippen molar-refractivity contribution in [2.45, 2.75) is 20.8 Å². The summed E-state index contributed by atoms with van der Waals surface area (Å²) in [6.45, 7) is 13.3. The van der Waals surface area contributed by atoms with Crippen LogP contribution in [0.5, 0.6) is 0 Å². The molecule has 0 aliphatic carbocycles. The second-order valence-corrected chi connectivity index (χ2v) is 3.34. The third-order valence-electron chi connectivity index (χ3n) is 2.04. The number of allylic oxidation sites excluding steroid dienone is 2. The molecular formula is C11H19N3. The summed E-state index contributed by atoms with van der Waals surface area (Å²) in [5.74, 6) is 1.27. The highest BCUT2D eigenvalue weighted by Crippen LogP contribution is 2.17. The van der Waals surface area contributed by atoms with Crippen LogP contribution in [-0.4, -0.2) is 25.0 Å². The third-order valence-corrected chi connectivity index (χ3v) is 2.04. The Hall–Kier alpha value is -1.38. The second kappa shape index (κ2) is 6.13. The molecule has 0 heterocycles. The van der Waals surface area contributed by atoms with Gasteiger partial charge in [-0.3, -0.25) is 5.01 Å². The Kier molecular flexibility index (Phi) is 5.53. The molecule has 0 unspecified atom stereocenters. The molecule has 0 aromatic heterocycles. The Morgan fingerprint density at radius 1 is 1.43 bits per heavy atom. The normalized spacial score (nSPS) is 12.9. The summed E-state index contributed by atoms with van der Waals surface area (Å²) in [5.41, 5.74) is 1.18. The van der Waals surface area contributed by atoms with E-state index in [4.69, 9.17) is 0 Å². The fraction of sp³-hybridized carbons (Fsp3) is 0.455. The summed E-state index contributed by atoms with van der Waals surface area (Å²) in [7, 11) is 1.83. The molecule has 0 bridgehead atoms. The zero-order chi connectivity index (χ0) is 11.1. The van der Waals surface area contributed by atoms with Crippen molar-refractivity contribution in [3.8, 4) is 0 Å². The van der Waals surface area contributed by atoms with E-state index < -0.39 is 0 Å². The average Bonchev–Trinajstić information content (AvgIpc) is 2.17. The van der Waals surface area contributed by atoms with Crippen molar-refractivity contribution in [3.63, 3.8) is 0 Å². The lowest BCUT2D eigenvalue weighted by atomic mass is 10.1. The Balaban J connectivity index is 5.06. The molecule has 78 valence electrons. The molecule has 0 aliphatic rings. The maximum atomic E-state index is 4.26. The van der Waals surface area contributed by atoms with Gasteiger partial charge in [-0.1, -0.05) is 26.5 Å². The molecule has 0 radical (unpaired) electrons. The Labute approximate surface area is 86.5 Å². The van der Waals surface area contributed by atoms with Gasteiger partial charge in [-0.25, -0.2) is 4.99 Å². The highest BCUT2D eigenvalue weighted by Gasteiger charge is 2.08. The van der Waals surface area contributed by atoms with E-state index in [0.717, 1.165) is 5.82 Å². The molecule has 3 heteroatoms. The van der Waals surface area contributed by atoms with Crippen LogP contribution >= 0.6 is 0 Å². The average molecular weight is 193 g/mol. The summed E-state index contributed by atoms with van der Waals surface area (Å²) in [6.07, 6.45) is 3.30. The van der Waals surface area contributed by atoms with Crippen molar-refractivity contribution >= 4 is 12.9 Å². The predicted molar refractivity (Wildman–Crippen MR) is 63.5 cm³/mol. The standard InChI is InChI=1S/C11H19N3/c1-7-8-13-11(14(6)12-5)10(4)9(2)3/h7-9H,1,5H2,2-4,6H3/b11-10+,13-8-. The first-order valence-electron chi connectivity index (χ1n) is 4.60. The molecule has 3 nitrogen and oxygen atoms in total. The number of hydrogen-bond donors (Lipinski definition) is 0. The minimum atomic E-state index is 0.441. The van der Waals surface area contributed by atoms with Gasteiger partial charge in [0.1, 0.15) is 5.82 Å². The van der Waals surface area contributed by atoms with E-state index in [1.54, 1.807) is 17.3 Å². The van der Waals surface area contributed by atoms with Gasteiger partial charge in [0, 0.05) is 20.0 Å². The first-order valence-corrected chi connectivity index (χ1v) is 4.60. The van der Waals surface area contributed by atoms with E-state index in [9.17, 15) is 0 Å². The Morgan fingerprint density at radius 2 is 2.00 bits per heavy atom. The van der Waals surface area contributed by atoms with Crippen molar-refractivity contribution in [1.29, 1.82) is 0 Å². The maximum Gasteiger partial charge on any atom is 0.147 e. The van der Waals surface area contributed by atoms with Crippen LogP contribution in [0, 0.1) is 5.92 Å². The first-order chi connectivity index (χ1) is 6.54. The number of nitrogens with zero attached hydrogens (tertiary/aromatic N) is 3. The van der Waals surface area contributed by atoms with Gasteiger partial charge in [0.2, 0.25) is 0 Å². The largest absolute Gasteiger partial charge is 0.252 e. The molecule has 0 aliphatic heterocycles. The molecule has 0 amide bonds. The number of hydrogen-bond acceptors (Lipinski definition) is 3. The number of aliphatic imine (C=N–C) groups is 1. The molecule has 0 fully saturated rings. The first kappa shape index (κ1) is 12.6. The molecule has 0 saturated heterocycles. The van der Waals surface area contributed by atoms with Gasteiger partial charge >= 0.3 is 0 Å². The van der Waals surface area contributed by atoms with Crippen LogP contribution in [0.3, 0.4) is 0 Å². The van der Waals surface area contributed by atoms with E-state index in [1.165, 1.54) is 5.57 Å². The summed E-state index contributed by atoms with van der Waals surface area (Å²) in [5, 5.41) is 5.48. The molecule has 0 spiro atoms. The van der Waals surface area contributed by atoms with Crippen LogP contribution in [0.2, 0.25) is 0 Å². The Morgan fingerprint density at radius 3 is 2.36 bits per heavy atom. The summed E-state index contributed by atoms with van der Waals surface area (Å²) in [4.78, 5) is 4.26. The smallest absolute Gasteiger partial charge is 0.147 e. The van der Waals surface area contributed by atoms with Crippen LogP contribution in [0.15, 0.2) is 34.1 Å². The highest BCUT2D eigenvalue weighted by molar-refractivity contribution is 5.71. The van der Waals surface area contributed by atoms with Crippen LogP contribution in [0.1, 0.15) is 20.8 Å². The third kappa shape index (κ3) is 3.56. The number of hydrazone groups is 1. The fourth-order valence-electron chi connectivity index (χ4n) is 0.889. The predicted octanol–water partition coefficient (Wildman–Crippen LogP) is 2.68. The summed E-state index contributed by atoms with van der Waals surface area (Å²) in [6, 6.07) is 0. The zero-order valence-electron chi connectivity index (χ0n) is 9.49. The Bertz CT molecular complexity index is 262. The molecule has 0 aromatic rings. The highest BCUT2D eigenvalue weighted by atomic mass is 15.5. The van der Waals surface area contributed by atoms with Crippen molar-refractivity contribution in [2.24, 2.45) is 16.0 Å². The van der Waals surface area contributed by atoms with Crippen LogP contribution in [0.25, 0.3) is 0 Å². The zero-order valence-corrected chi connectivity index (χ0v) is 9.49. The van der Waals surface area contributed by atoms with Crippen molar-refractivity contribution < 1.29 is 0 Å². The van der Waals surface area contributed by atoms with Crippen molar-refractivity contribution in [3.05, 3.63) is 24.0 Å². The van der Waals surface area contributed by atoms with Crippen LogP contribution in [-0.2, 0) is 0 Å². The lowest BCUT2D eigenvalue weighted by molar-refractivity contribution is 0.433. The van der Waals surface area contributed by atoms with Crippen LogP contribution < -0.4 is 0 Å². The van der Waals surface area contributed by atoms with Crippen molar-refractivity contribution in [1.82, 2.24) is 5.01 Å². The lowest BCUT2D eigenvalue weighted by Gasteiger charge is -2.17. The van der Waals surface area contributed by atoms with Gasteiger partial charge in [0.05, 0.1) is 0 Å². The maximum absolute atomic E-state index is 4.26. The quantitative estimate of drug-likeness (QED) is 0.487.